The van der Waals surface area contributed by atoms with Crippen molar-refractivity contribution in [3.63, 3.8) is 0 Å². The van der Waals surface area contributed by atoms with Gasteiger partial charge in [-0.2, -0.15) is 0 Å². The third-order valence-corrected chi connectivity index (χ3v) is 6.86. The van der Waals surface area contributed by atoms with E-state index in [0.717, 1.165) is 6.04 Å². The van der Waals surface area contributed by atoms with E-state index < -0.39 is 8.56 Å². The molecule has 0 aromatic heterocycles. The van der Waals surface area contributed by atoms with Gasteiger partial charge in [0.1, 0.15) is 0 Å². The molecule has 0 aromatic carbocycles. The number of likely N-dealkylation sites (N-methyl/N-ethyl adjacent to an activating group) is 1. The number of hydrogen-bond donors (Lipinski definition) is 0. The zero-order valence-electron chi connectivity index (χ0n) is 12.4. The molecule has 19 heavy (non-hydrogen) atoms. The van der Waals surface area contributed by atoms with Crippen LogP contribution in [-0.2, 0) is 13.6 Å². The van der Waals surface area contributed by atoms with E-state index in [-0.39, 0.29) is 0 Å². The van der Waals surface area contributed by atoms with Crippen molar-refractivity contribution >= 4 is 8.56 Å². The van der Waals surface area contributed by atoms with Gasteiger partial charge >= 0.3 is 8.56 Å². The average Bonchev–Trinajstić information content (AvgIpc) is 2.37. The molecule has 0 aromatic rings. The van der Waals surface area contributed by atoms with Gasteiger partial charge in [-0.1, -0.05) is 0 Å². The lowest BCUT2D eigenvalue weighted by atomic mass is 10.3. The van der Waals surface area contributed by atoms with Crippen molar-refractivity contribution in [3.05, 3.63) is 0 Å². The van der Waals surface area contributed by atoms with E-state index in [1.54, 1.807) is 0 Å². The molecule has 6 heteroatoms. The van der Waals surface area contributed by atoms with Crippen LogP contribution in [0.5, 0.6) is 0 Å². The molecule has 0 atom stereocenters. The maximum atomic E-state index is 5.94. The van der Waals surface area contributed by atoms with Gasteiger partial charge < -0.3 is 23.4 Å². The molecule has 2 rings (SSSR count). The molecule has 0 radical (unpaired) electrons. The average molecular weight is 288 g/mol. The third-order valence-electron chi connectivity index (χ3n) is 3.97. The zero-order valence-corrected chi connectivity index (χ0v) is 13.4. The van der Waals surface area contributed by atoms with Crippen LogP contribution in [0.15, 0.2) is 0 Å². The Hall–Kier alpha value is 0.0169. The van der Waals surface area contributed by atoms with Crippen LogP contribution in [0, 0.1) is 0 Å². The Bertz CT molecular complexity index is 252. The lowest BCUT2D eigenvalue weighted by Crippen LogP contribution is -2.46. The SMILES string of the molecule is CN1CCN(CCC[Si]2(C)OCCOCCO2)CC1. The van der Waals surface area contributed by atoms with E-state index in [1.807, 2.05) is 0 Å². The number of hydrogen-bond acceptors (Lipinski definition) is 5. The second-order valence-corrected chi connectivity index (χ2v) is 9.04. The summed E-state index contributed by atoms with van der Waals surface area (Å²) in [5.41, 5.74) is 0. The highest BCUT2D eigenvalue weighted by Gasteiger charge is 2.32. The largest absolute Gasteiger partial charge is 0.392 e. The molecule has 2 fully saturated rings. The Morgan fingerprint density at radius 2 is 1.58 bits per heavy atom. The zero-order chi connectivity index (χ0) is 13.6. The van der Waals surface area contributed by atoms with Crippen LogP contribution in [0.3, 0.4) is 0 Å². The summed E-state index contributed by atoms with van der Waals surface area (Å²) >= 11 is 0. The highest BCUT2D eigenvalue weighted by atomic mass is 28.4. The normalized spacial score (nSPS) is 26.8. The first-order chi connectivity index (χ1) is 9.18. The molecule has 2 aliphatic rings. The topological polar surface area (TPSA) is 34.2 Å². The molecule has 0 spiro atoms. The monoisotopic (exact) mass is 288 g/mol. The molecule has 2 heterocycles. The molecule has 0 unspecified atom stereocenters. The summed E-state index contributed by atoms with van der Waals surface area (Å²) in [6.45, 7) is 11.0. The number of piperazine rings is 1. The van der Waals surface area contributed by atoms with Gasteiger partial charge in [-0.05, 0) is 32.6 Å². The van der Waals surface area contributed by atoms with Crippen molar-refractivity contribution in [3.8, 4) is 0 Å². The van der Waals surface area contributed by atoms with E-state index in [0.29, 0.717) is 26.4 Å². The minimum absolute atomic E-state index is 0.692. The molecule has 112 valence electrons. The van der Waals surface area contributed by atoms with Crippen LogP contribution in [-0.4, -0.2) is 84.6 Å². The van der Waals surface area contributed by atoms with Crippen LogP contribution >= 0.6 is 0 Å². The predicted molar refractivity (Wildman–Crippen MR) is 77.7 cm³/mol. The summed E-state index contributed by atoms with van der Waals surface area (Å²) in [6.07, 6.45) is 1.19. The number of ether oxygens (including phenoxy) is 1. The van der Waals surface area contributed by atoms with Gasteiger partial charge in [0.15, 0.2) is 0 Å². The molecule has 0 amide bonds. The summed E-state index contributed by atoms with van der Waals surface area (Å²) in [6, 6.07) is 1.10. The van der Waals surface area contributed by atoms with E-state index in [9.17, 15) is 0 Å². The molecular weight excluding hydrogens is 260 g/mol. The van der Waals surface area contributed by atoms with Crippen molar-refractivity contribution < 1.29 is 13.6 Å². The highest BCUT2D eigenvalue weighted by molar-refractivity contribution is 6.66. The van der Waals surface area contributed by atoms with Crippen LogP contribution in [0.25, 0.3) is 0 Å². The quantitative estimate of drug-likeness (QED) is 0.714. The first kappa shape index (κ1) is 15.4. The fourth-order valence-corrected chi connectivity index (χ4v) is 4.82. The summed E-state index contributed by atoms with van der Waals surface area (Å²) in [4.78, 5) is 4.96. The molecule has 2 saturated heterocycles. The lowest BCUT2D eigenvalue weighted by molar-refractivity contribution is 0.0260. The fourth-order valence-electron chi connectivity index (χ4n) is 2.62. The van der Waals surface area contributed by atoms with E-state index in [1.165, 1.54) is 39.1 Å². The summed E-state index contributed by atoms with van der Waals surface area (Å²) in [5.74, 6) is 0. The van der Waals surface area contributed by atoms with Crippen molar-refractivity contribution in [1.29, 1.82) is 0 Å². The van der Waals surface area contributed by atoms with Gasteiger partial charge in [-0.15, -0.1) is 0 Å². The Kier molecular flexibility index (Phi) is 6.25. The van der Waals surface area contributed by atoms with Gasteiger partial charge in [0.2, 0.25) is 0 Å². The molecule has 2 aliphatic heterocycles. The van der Waals surface area contributed by atoms with Crippen LogP contribution in [0.1, 0.15) is 6.42 Å². The number of nitrogens with zero attached hydrogens (tertiary/aromatic N) is 2. The molecule has 0 saturated carbocycles. The van der Waals surface area contributed by atoms with E-state index in [4.69, 9.17) is 13.6 Å². The Labute approximate surface area is 118 Å². The van der Waals surface area contributed by atoms with Crippen LogP contribution in [0.4, 0.5) is 0 Å². The first-order valence-corrected chi connectivity index (χ1v) is 9.97. The second-order valence-electron chi connectivity index (χ2n) is 5.69. The molecule has 0 bridgehead atoms. The third kappa shape index (κ3) is 5.49. The smallest absolute Gasteiger partial charge is 0.335 e. The molecular formula is C13H28N2O3Si. The van der Waals surface area contributed by atoms with Gasteiger partial charge in [-0.3, -0.25) is 0 Å². The van der Waals surface area contributed by atoms with Crippen molar-refractivity contribution in [2.45, 2.75) is 19.0 Å². The maximum Gasteiger partial charge on any atom is 0.335 e. The van der Waals surface area contributed by atoms with Crippen LogP contribution in [0.2, 0.25) is 12.6 Å². The number of rotatable bonds is 4. The van der Waals surface area contributed by atoms with E-state index >= 15 is 0 Å². The fraction of sp³-hybridized carbons (Fsp3) is 1.00. The molecule has 5 nitrogen and oxygen atoms in total. The Morgan fingerprint density at radius 1 is 0.947 bits per heavy atom. The van der Waals surface area contributed by atoms with Gasteiger partial charge in [0, 0.05) is 26.2 Å². The van der Waals surface area contributed by atoms with E-state index in [2.05, 4.69) is 23.4 Å². The first-order valence-electron chi connectivity index (χ1n) is 7.44. The minimum atomic E-state index is -1.93. The minimum Gasteiger partial charge on any atom is -0.392 e. The molecule has 0 aliphatic carbocycles. The Morgan fingerprint density at radius 3 is 2.21 bits per heavy atom. The standard InChI is InChI=1S/C13H28N2O3Si/c1-14-5-7-15(8-6-14)4-3-13-19(2)17-11-9-16-10-12-18-19/h3-13H2,1-2H3. The molecule has 0 N–H and O–H groups in total. The van der Waals surface area contributed by atoms with Crippen molar-refractivity contribution in [2.24, 2.45) is 0 Å². The van der Waals surface area contributed by atoms with Crippen molar-refractivity contribution in [1.82, 2.24) is 9.80 Å². The second kappa shape index (κ2) is 7.71. The Balaban J connectivity index is 1.65. The lowest BCUT2D eigenvalue weighted by Gasteiger charge is -2.33. The van der Waals surface area contributed by atoms with Crippen LogP contribution < -0.4 is 0 Å². The van der Waals surface area contributed by atoms with Gasteiger partial charge in [0.25, 0.3) is 0 Å². The van der Waals surface area contributed by atoms with Gasteiger partial charge in [-0.25, -0.2) is 0 Å². The summed E-state index contributed by atoms with van der Waals surface area (Å²) in [5, 5.41) is 0. The predicted octanol–water partition coefficient (Wildman–Crippen LogP) is 0.759. The summed E-state index contributed by atoms with van der Waals surface area (Å²) < 4.78 is 17.2. The highest BCUT2D eigenvalue weighted by Crippen LogP contribution is 2.17. The van der Waals surface area contributed by atoms with Crippen molar-refractivity contribution in [2.75, 3.05) is 66.2 Å². The maximum absolute atomic E-state index is 5.94. The van der Waals surface area contributed by atoms with Gasteiger partial charge in [0.05, 0.1) is 26.4 Å². The summed E-state index contributed by atoms with van der Waals surface area (Å²) in [7, 11) is 0.264.